The lowest BCUT2D eigenvalue weighted by atomic mass is 9.99. The lowest BCUT2D eigenvalue weighted by molar-refractivity contribution is 0.102. The van der Waals surface area contributed by atoms with Crippen LogP contribution in [0.3, 0.4) is 0 Å². The van der Waals surface area contributed by atoms with E-state index in [9.17, 15) is 4.79 Å². The van der Waals surface area contributed by atoms with Gasteiger partial charge in [-0.25, -0.2) is 9.97 Å². The van der Waals surface area contributed by atoms with E-state index >= 15 is 0 Å². The van der Waals surface area contributed by atoms with E-state index < -0.39 is 0 Å². The number of rotatable bonds is 5. The number of carbonyl (C=O) groups excluding carboxylic acids is 1. The van der Waals surface area contributed by atoms with Gasteiger partial charge >= 0.3 is 0 Å². The molecule has 8 nitrogen and oxygen atoms in total. The summed E-state index contributed by atoms with van der Waals surface area (Å²) in [6, 6.07) is 12.3. The Morgan fingerprint density at radius 3 is 2.52 bits per heavy atom. The molecule has 1 fully saturated rings. The van der Waals surface area contributed by atoms with Crippen LogP contribution in [0.1, 0.15) is 30.1 Å². The van der Waals surface area contributed by atoms with Crippen LogP contribution >= 0.6 is 0 Å². The molecule has 2 aliphatic rings. The Balaban J connectivity index is 1.25. The van der Waals surface area contributed by atoms with Gasteiger partial charge in [0.25, 0.3) is 11.8 Å². The van der Waals surface area contributed by atoms with Gasteiger partial charge in [0, 0.05) is 42.8 Å². The maximum Gasteiger partial charge on any atom is 0.263 e. The molecule has 170 valence electrons. The smallest absolute Gasteiger partial charge is 0.263 e. The van der Waals surface area contributed by atoms with E-state index in [1.165, 1.54) is 0 Å². The number of amides is 1. The summed E-state index contributed by atoms with van der Waals surface area (Å²) < 4.78 is 17.1. The van der Waals surface area contributed by atoms with Gasteiger partial charge < -0.3 is 24.4 Å². The second-order valence-corrected chi connectivity index (χ2v) is 8.29. The Morgan fingerprint density at radius 2 is 1.73 bits per heavy atom. The third-order valence-corrected chi connectivity index (χ3v) is 5.86. The van der Waals surface area contributed by atoms with Crippen molar-refractivity contribution >= 4 is 17.4 Å². The molecule has 1 N–H and O–H groups in total. The third-order valence-electron chi connectivity index (χ3n) is 5.86. The van der Waals surface area contributed by atoms with Crippen molar-refractivity contribution in [2.45, 2.75) is 19.8 Å². The fourth-order valence-electron chi connectivity index (χ4n) is 3.94. The normalized spacial score (nSPS) is 15.7. The van der Waals surface area contributed by atoms with Crippen LogP contribution in [0.25, 0.3) is 0 Å². The first-order valence-electron chi connectivity index (χ1n) is 11.2. The van der Waals surface area contributed by atoms with Gasteiger partial charge in [0.1, 0.15) is 19.0 Å². The number of nitrogens with one attached hydrogen (secondary N) is 1. The summed E-state index contributed by atoms with van der Waals surface area (Å²) >= 11 is 0. The Morgan fingerprint density at radius 1 is 1.00 bits per heavy atom. The summed E-state index contributed by atoms with van der Waals surface area (Å²) in [6.45, 7) is 5.18. The van der Waals surface area contributed by atoms with Crippen LogP contribution in [0.2, 0.25) is 0 Å². The molecule has 3 heterocycles. The largest absolute Gasteiger partial charge is 0.486 e. The molecular formula is C25H26N4O4. The Hall–Kier alpha value is -3.81. The maximum absolute atomic E-state index is 12.7. The molecule has 8 heteroatoms. The second-order valence-electron chi connectivity index (χ2n) is 8.29. The highest BCUT2D eigenvalue weighted by molar-refractivity contribution is 6.04. The van der Waals surface area contributed by atoms with E-state index in [1.54, 1.807) is 54.9 Å². The summed E-state index contributed by atoms with van der Waals surface area (Å²) in [5.41, 5.74) is 1.16. The van der Waals surface area contributed by atoms with Crippen molar-refractivity contribution in [1.82, 2.24) is 9.97 Å². The molecule has 1 saturated heterocycles. The van der Waals surface area contributed by atoms with Gasteiger partial charge in [-0.3, -0.25) is 4.79 Å². The lowest BCUT2D eigenvalue weighted by Gasteiger charge is -2.31. The molecule has 1 aromatic heterocycles. The molecule has 2 aromatic carbocycles. The van der Waals surface area contributed by atoms with Gasteiger partial charge in [0.2, 0.25) is 0 Å². The Labute approximate surface area is 192 Å². The van der Waals surface area contributed by atoms with Gasteiger partial charge in [-0.1, -0.05) is 6.92 Å². The van der Waals surface area contributed by atoms with E-state index in [0.29, 0.717) is 47.6 Å². The summed E-state index contributed by atoms with van der Waals surface area (Å²) in [5, 5.41) is 2.89. The number of carbonyl (C=O) groups is 1. The second kappa shape index (κ2) is 9.36. The lowest BCUT2D eigenvalue weighted by Crippen LogP contribution is -2.33. The quantitative estimate of drug-likeness (QED) is 0.616. The van der Waals surface area contributed by atoms with Crippen molar-refractivity contribution in [3.8, 4) is 23.1 Å². The van der Waals surface area contributed by atoms with Crippen molar-refractivity contribution in [3.05, 3.63) is 60.4 Å². The van der Waals surface area contributed by atoms with E-state index in [0.717, 1.165) is 37.7 Å². The molecule has 0 saturated carbocycles. The molecule has 5 rings (SSSR count). The van der Waals surface area contributed by atoms with Crippen LogP contribution in [0.5, 0.6) is 23.1 Å². The molecule has 0 unspecified atom stereocenters. The van der Waals surface area contributed by atoms with E-state index in [2.05, 4.69) is 27.1 Å². The number of hydrogen-bond donors (Lipinski definition) is 1. The van der Waals surface area contributed by atoms with Crippen LogP contribution in [0, 0.1) is 5.92 Å². The topological polar surface area (TPSA) is 85.8 Å². The van der Waals surface area contributed by atoms with Gasteiger partial charge in [-0.2, -0.15) is 0 Å². The molecule has 0 radical (unpaired) electrons. The third kappa shape index (κ3) is 4.84. The minimum Gasteiger partial charge on any atom is -0.486 e. The first-order chi connectivity index (χ1) is 16.2. The molecule has 2 aliphatic heterocycles. The summed E-state index contributed by atoms with van der Waals surface area (Å²) in [4.78, 5) is 23.8. The molecule has 0 aliphatic carbocycles. The van der Waals surface area contributed by atoms with E-state index in [-0.39, 0.29) is 5.91 Å². The number of aromatic nitrogens is 2. The number of benzene rings is 2. The van der Waals surface area contributed by atoms with Crippen molar-refractivity contribution < 1.29 is 19.0 Å². The van der Waals surface area contributed by atoms with Crippen LogP contribution in [0.4, 0.5) is 11.5 Å². The van der Waals surface area contributed by atoms with Crippen LogP contribution < -0.4 is 24.4 Å². The minimum atomic E-state index is -0.221. The van der Waals surface area contributed by atoms with Crippen molar-refractivity contribution in [2.24, 2.45) is 5.92 Å². The zero-order valence-corrected chi connectivity index (χ0v) is 18.5. The van der Waals surface area contributed by atoms with Crippen molar-refractivity contribution in [1.29, 1.82) is 0 Å². The average molecular weight is 447 g/mol. The number of piperidine rings is 1. The average Bonchev–Trinajstić information content (AvgIpc) is 2.85. The number of anilines is 2. The van der Waals surface area contributed by atoms with Gasteiger partial charge in [0.05, 0.1) is 0 Å². The first-order valence-corrected chi connectivity index (χ1v) is 11.2. The number of nitrogens with zero attached hydrogens (tertiary/aromatic N) is 3. The Bertz CT molecular complexity index is 1130. The zero-order valence-electron chi connectivity index (χ0n) is 18.5. The standard InChI is InChI=1S/C25H26N4O4/c1-17-8-12-29(13-9-17)23-25(27-11-10-26-23)33-20-5-2-18(3-6-20)24(30)28-19-4-7-21-22(16-19)32-15-14-31-21/h2-7,10-11,16-17H,8-9,12-15H2,1H3,(H,28,30). The van der Waals surface area contributed by atoms with Crippen molar-refractivity contribution in [3.63, 3.8) is 0 Å². The predicted octanol–water partition coefficient (Wildman–Crippen LogP) is 4.53. The monoisotopic (exact) mass is 446 g/mol. The summed E-state index contributed by atoms with van der Waals surface area (Å²) in [7, 11) is 0. The van der Waals surface area contributed by atoms with Crippen LogP contribution in [0.15, 0.2) is 54.9 Å². The van der Waals surface area contributed by atoms with Gasteiger partial charge in [-0.15, -0.1) is 0 Å². The number of hydrogen-bond acceptors (Lipinski definition) is 7. The molecule has 1 amide bonds. The maximum atomic E-state index is 12.7. The molecule has 0 bridgehead atoms. The SMILES string of the molecule is CC1CCN(c2nccnc2Oc2ccc(C(=O)Nc3ccc4c(c3)OCCO4)cc2)CC1. The molecule has 33 heavy (non-hydrogen) atoms. The zero-order chi connectivity index (χ0) is 22.6. The van der Waals surface area contributed by atoms with Gasteiger partial charge in [-0.05, 0) is 55.2 Å². The number of fused-ring (bicyclic) bond motifs is 1. The fourth-order valence-corrected chi connectivity index (χ4v) is 3.94. The molecule has 3 aromatic rings. The number of ether oxygens (including phenoxy) is 3. The molecule has 0 atom stereocenters. The van der Waals surface area contributed by atoms with Crippen LogP contribution in [-0.4, -0.2) is 42.2 Å². The van der Waals surface area contributed by atoms with E-state index in [1.807, 2.05) is 0 Å². The molecule has 0 spiro atoms. The highest BCUT2D eigenvalue weighted by Crippen LogP contribution is 2.33. The Kier molecular flexibility index (Phi) is 5.97. The van der Waals surface area contributed by atoms with Crippen molar-refractivity contribution in [2.75, 3.05) is 36.5 Å². The van der Waals surface area contributed by atoms with Gasteiger partial charge in [0.15, 0.2) is 17.3 Å². The molecular weight excluding hydrogens is 420 g/mol. The van der Waals surface area contributed by atoms with Crippen LogP contribution in [-0.2, 0) is 0 Å². The first kappa shape index (κ1) is 21.1. The minimum absolute atomic E-state index is 0.221. The summed E-state index contributed by atoms with van der Waals surface area (Å²) in [6.07, 6.45) is 5.57. The summed E-state index contributed by atoms with van der Waals surface area (Å²) in [5.74, 6) is 3.64. The fraction of sp³-hybridized carbons (Fsp3) is 0.320. The predicted molar refractivity (Wildman–Crippen MR) is 125 cm³/mol. The van der Waals surface area contributed by atoms with E-state index in [4.69, 9.17) is 14.2 Å². The highest BCUT2D eigenvalue weighted by Gasteiger charge is 2.21. The highest BCUT2D eigenvalue weighted by atomic mass is 16.6.